The van der Waals surface area contributed by atoms with E-state index >= 15 is 0 Å². The lowest BCUT2D eigenvalue weighted by Gasteiger charge is -2.07. The minimum absolute atomic E-state index is 0.195. The van der Waals surface area contributed by atoms with E-state index in [2.05, 4.69) is 63.7 Å². The summed E-state index contributed by atoms with van der Waals surface area (Å²) in [6.45, 7) is 0. The van der Waals surface area contributed by atoms with E-state index in [-0.39, 0.29) is 9.37 Å². The van der Waals surface area contributed by atoms with Gasteiger partial charge < -0.3 is 0 Å². The number of halogens is 4. The summed E-state index contributed by atoms with van der Waals surface area (Å²) in [4.78, 5) is -0.195. The first-order valence-electron chi connectivity index (χ1n) is 3.05. The van der Waals surface area contributed by atoms with Crippen molar-refractivity contribution in [3.8, 4) is 0 Å². The molecular weight excluding hydrogens is 472 g/mol. The summed E-state index contributed by atoms with van der Waals surface area (Å²) in [5.41, 5.74) is 0. The van der Waals surface area contributed by atoms with Crippen LogP contribution >= 0.6 is 63.7 Å². The largest absolute Gasteiger partial charge is 0.295 e. The fraction of sp³-hybridized carbons (Fsp3) is 0. The summed E-state index contributed by atoms with van der Waals surface area (Å²) in [5.74, 6) is 0. The molecule has 3 nitrogen and oxygen atoms in total. The molecule has 1 rings (SSSR count). The Labute approximate surface area is 115 Å². The number of hydrogen-bond donors (Lipinski definition) is 1. The third kappa shape index (κ3) is 2.59. The van der Waals surface area contributed by atoms with E-state index in [0.717, 1.165) is 0 Å². The standard InChI is InChI=1S/C6H2Br4O3S/c7-2-1-3(14(11,12)13)5(9)6(10)4(2)8/h1H,(H,11,12,13). The molecule has 0 fully saturated rings. The SMILES string of the molecule is O=S(=O)(O)c1cc(Br)c(Br)c(Br)c1Br. The molecule has 1 aromatic rings. The van der Waals surface area contributed by atoms with Crippen LogP contribution in [0.5, 0.6) is 0 Å². The molecule has 0 bridgehead atoms. The van der Waals surface area contributed by atoms with Crippen LogP contribution in [0.3, 0.4) is 0 Å². The Morgan fingerprint density at radius 2 is 1.50 bits per heavy atom. The average Bonchev–Trinajstić information content (AvgIpc) is 2.06. The minimum Gasteiger partial charge on any atom is -0.282 e. The monoisotopic (exact) mass is 470 g/mol. The van der Waals surface area contributed by atoms with Gasteiger partial charge >= 0.3 is 0 Å². The second-order valence-corrected chi connectivity index (χ2v) is 6.90. The molecule has 14 heavy (non-hydrogen) atoms. The lowest BCUT2D eigenvalue weighted by molar-refractivity contribution is 0.482. The van der Waals surface area contributed by atoms with Crippen LogP contribution in [-0.4, -0.2) is 13.0 Å². The topological polar surface area (TPSA) is 54.4 Å². The van der Waals surface area contributed by atoms with Crippen molar-refractivity contribution in [2.45, 2.75) is 4.90 Å². The average molecular weight is 474 g/mol. The Hall–Kier alpha value is 1.05. The zero-order chi connectivity index (χ0) is 11.1. The van der Waals surface area contributed by atoms with Crippen molar-refractivity contribution in [3.63, 3.8) is 0 Å². The maximum Gasteiger partial charge on any atom is 0.295 e. The van der Waals surface area contributed by atoms with E-state index < -0.39 is 10.1 Å². The highest BCUT2D eigenvalue weighted by atomic mass is 79.9. The lowest BCUT2D eigenvalue weighted by atomic mass is 10.4. The zero-order valence-corrected chi connectivity index (χ0v) is 13.4. The number of rotatable bonds is 1. The highest BCUT2D eigenvalue weighted by Crippen LogP contribution is 2.40. The molecule has 78 valence electrons. The molecule has 0 saturated heterocycles. The van der Waals surface area contributed by atoms with E-state index in [9.17, 15) is 8.42 Å². The molecule has 1 aromatic carbocycles. The molecule has 0 aromatic heterocycles. The quantitative estimate of drug-likeness (QED) is 0.381. The van der Waals surface area contributed by atoms with Gasteiger partial charge in [0.2, 0.25) is 0 Å². The Bertz CT molecular complexity index is 482. The van der Waals surface area contributed by atoms with Crippen molar-refractivity contribution in [2.24, 2.45) is 0 Å². The van der Waals surface area contributed by atoms with Crippen LogP contribution in [0.4, 0.5) is 0 Å². The summed E-state index contributed by atoms with van der Waals surface area (Å²) in [7, 11) is -4.22. The van der Waals surface area contributed by atoms with Gasteiger partial charge in [-0.15, -0.1) is 0 Å². The Morgan fingerprint density at radius 1 is 1.00 bits per heavy atom. The van der Waals surface area contributed by atoms with Crippen LogP contribution in [0.25, 0.3) is 0 Å². The Kier molecular flexibility index (Phi) is 4.22. The molecule has 0 aliphatic heterocycles. The molecule has 0 amide bonds. The van der Waals surface area contributed by atoms with Gasteiger partial charge in [0.15, 0.2) is 0 Å². The maximum absolute atomic E-state index is 10.9. The van der Waals surface area contributed by atoms with Gasteiger partial charge in [0.05, 0.1) is 4.47 Å². The Morgan fingerprint density at radius 3 is 1.93 bits per heavy atom. The summed E-state index contributed by atoms with van der Waals surface area (Å²) in [6.07, 6.45) is 0. The van der Waals surface area contributed by atoms with Crippen LogP contribution in [0.1, 0.15) is 0 Å². The number of hydrogen-bond acceptors (Lipinski definition) is 2. The third-order valence-corrected chi connectivity index (χ3v) is 7.15. The van der Waals surface area contributed by atoms with Crippen LogP contribution < -0.4 is 0 Å². The van der Waals surface area contributed by atoms with Crippen LogP contribution in [-0.2, 0) is 10.1 Å². The summed E-state index contributed by atoms with van der Waals surface area (Å²) < 4.78 is 32.7. The molecule has 8 heteroatoms. The van der Waals surface area contributed by atoms with Crippen molar-refractivity contribution in [2.75, 3.05) is 0 Å². The van der Waals surface area contributed by atoms with Crippen molar-refractivity contribution >= 4 is 73.8 Å². The van der Waals surface area contributed by atoms with E-state index in [1.54, 1.807) is 0 Å². The van der Waals surface area contributed by atoms with Gasteiger partial charge in [0.1, 0.15) is 4.90 Å². The van der Waals surface area contributed by atoms with Crippen LogP contribution in [0, 0.1) is 0 Å². The summed E-state index contributed by atoms with van der Waals surface area (Å²) >= 11 is 12.6. The predicted molar refractivity (Wildman–Crippen MR) is 67.1 cm³/mol. The second kappa shape index (κ2) is 4.50. The lowest BCUT2D eigenvalue weighted by Crippen LogP contribution is -2.00. The molecule has 0 aliphatic carbocycles. The smallest absolute Gasteiger partial charge is 0.282 e. The van der Waals surface area contributed by atoms with Gasteiger partial charge in [-0.05, 0) is 69.8 Å². The van der Waals surface area contributed by atoms with Crippen molar-refractivity contribution < 1.29 is 13.0 Å². The minimum atomic E-state index is -4.22. The molecule has 0 heterocycles. The molecule has 0 aliphatic rings. The first-order valence-corrected chi connectivity index (χ1v) is 7.67. The van der Waals surface area contributed by atoms with Gasteiger partial charge in [-0.1, -0.05) is 0 Å². The van der Waals surface area contributed by atoms with E-state index in [1.165, 1.54) is 6.07 Å². The van der Waals surface area contributed by atoms with Gasteiger partial charge in [-0.25, -0.2) is 0 Å². The second-order valence-electron chi connectivity index (χ2n) is 2.27. The highest BCUT2D eigenvalue weighted by molar-refractivity contribution is 9.15. The molecule has 0 saturated carbocycles. The van der Waals surface area contributed by atoms with Gasteiger partial charge in [0, 0.05) is 13.4 Å². The van der Waals surface area contributed by atoms with Crippen LogP contribution in [0.15, 0.2) is 28.9 Å². The fourth-order valence-corrected chi connectivity index (χ4v) is 4.24. The van der Waals surface area contributed by atoms with Gasteiger partial charge in [-0.3, -0.25) is 4.55 Å². The molecular formula is C6H2Br4O3S. The predicted octanol–water partition coefficient (Wildman–Crippen LogP) is 3.98. The zero-order valence-electron chi connectivity index (χ0n) is 6.26. The normalized spacial score (nSPS) is 11.8. The first kappa shape index (κ1) is 13.1. The van der Waals surface area contributed by atoms with E-state index in [4.69, 9.17) is 4.55 Å². The molecule has 1 N–H and O–H groups in total. The molecule has 0 spiro atoms. The number of benzene rings is 1. The summed E-state index contributed by atoms with van der Waals surface area (Å²) in [5, 5.41) is 0. The molecule has 0 atom stereocenters. The van der Waals surface area contributed by atoms with Crippen molar-refractivity contribution in [3.05, 3.63) is 24.0 Å². The van der Waals surface area contributed by atoms with Crippen molar-refractivity contribution in [1.82, 2.24) is 0 Å². The van der Waals surface area contributed by atoms with Crippen LogP contribution in [0.2, 0.25) is 0 Å². The molecule has 0 unspecified atom stereocenters. The first-order chi connectivity index (χ1) is 6.25. The van der Waals surface area contributed by atoms with E-state index in [1.807, 2.05) is 0 Å². The van der Waals surface area contributed by atoms with Crippen molar-refractivity contribution in [1.29, 1.82) is 0 Å². The molecule has 0 radical (unpaired) electrons. The third-order valence-electron chi connectivity index (χ3n) is 1.35. The maximum atomic E-state index is 10.9. The van der Waals surface area contributed by atoms with E-state index in [0.29, 0.717) is 13.4 Å². The fourth-order valence-electron chi connectivity index (χ4n) is 0.739. The van der Waals surface area contributed by atoms with Gasteiger partial charge in [-0.2, -0.15) is 8.42 Å². The van der Waals surface area contributed by atoms with Gasteiger partial charge in [0.25, 0.3) is 10.1 Å². The summed E-state index contributed by atoms with van der Waals surface area (Å²) in [6, 6.07) is 1.30. The Balaban J connectivity index is 3.66. The highest BCUT2D eigenvalue weighted by Gasteiger charge is 2.19.